The molecule has 1 atom stereocenters. The minimum Gasteiger partial charge on any atom is -0.272 e. The number of hydrazone groups is 1. The van der Waals surface area contributed by atoms with E-state index in [9.17, 15) is 4.79 Å². The van der Waals surface area contributed by atoms with Crippen molar-refractivity contribution in [3.8, 4) is 0 Å². The van der Waals surface area contributed by atoms with Gasteiger partial charge in [0.05, 0.1) is 11.6 Å². The molecule has 0 saturated heterocycles. The Kier molecular flexibility index (Phi) is 1.64. The quantitative estimate of drug-likeness (QED) is 0.554. The van der Waals surface area contributed by atoms with Gasteiger partial charge < -0.3 is 0 Å². The standard InChI is InChI=1S/C8H12N2O/c11-8-6-4-2-1-3-5-7(6)9-10-8/h6H,1-5H2,(H,10,11)/t6-/m1/s1. The van der Waals surface area contributed by atoms with Crippen LogP contribution in [0, 0.1) is 5.92 Å². The van der Waals surface area contributed by atoms with Crippen LogP contribution in [0.2, 0.25) is 0 Å². The summed E-state index contributed by atoms with van der Waals surface area (Å²) >= 11 is 0. The van der Waals surface area contributed by atoms with Crippen LogP contribution in [0.3, 0.4) is 0 Å². The van der Waals surface area contributed by atoms with Gasteiger partial charge in [0.25, 0.3) is 0 Å². The third kappa shape index (κ3) is 1.15. The van der Waals surface area contributed by atoms with Crippen LogP contribution in [0.15, 0.2) is 5.10 Å². The molecule has 0 aromatic carbocycles. The number of nitrogens with one attached hydrogen (secondary N) is 1. The largest absolute Gasteiger partial charge is 0.272 e. The van der Waals surface area contributed by atoms with Crippen LogP contribution in [0.25, 0.3) is 0 Å². The van der Waals surface area contributed by atoms with Crippen LogP contribution < -0.4 is 5.43 Å². The highest BCUT2D eigenvalue weighted by Gasteiger charge is 2.30. The van der Waals surface area contributed by atoms with Gasteiger partial charge in [-0.15, -0.1) is 0 Å². The van der Waals surface area contributed by atoms with E-state index in [-0.39, 0.29) is 11.8 Å². The molecule has 2 aliphatic rings. The number of hydrogen-bond donors (Lipinski definition) is 1. The molecule has 0 spiro atoms. The molecule has 1 heterocycles. The first-order valence-corrected chi connectivity index (χ1v) is 4.24. The maximum absolute atomic E-state index is 11.1. The maximum Gasteiger partial charge on any atom is 0.248 e. The Labute approximate surface area is 65.9 Å². The van der Waals surface area contributed by atoms with E-state index in [1.807, 2.05) is 0 Å². The van der Waals surface area contributed by atoms with E-state index in [1.165, 1.54) is 19.3 Å². The van der Waals surface area contributed by atoms with E-state index in [0.717, 1.165) is 18.6 Å². The number of carbonyl (C=O) groups is 1. The Morgan fingerprint density at radius 3 is 3.18 bits per heavy atom. The molecule has 1 amide bonds. The molecule has 0 radical (unpaired) electrons. The molecule has 1 fully saturated rings. The van der Waals surface area contributed by atoms with Crippen molar-refractivity contribution in [3.05, 3.63) is 0 Å². The number of carbonyl (C=O) groups excluding carboxylic acids is 1. The second-order valence-corrected chi connectivity index (χ2v) is 3.23. The molecule has 2 rings (SSSR count). The van der Waals surface area contributed by atoms with Crippen LogP contribution in [0.1, 0.15) is 32.1 Å². The Hall–Kier alpha value is -0.860. The van der Waals surface area contributed by atoms with Gasteiger partial charge in [-0.05, 0) is 19.3 Å². The van der Waals surface area contributed by atoms with Crippen LogP contribution in [-0.2, 0) is 4.79 Å². The minimum absolute atomic E-state index is 0.113. The Bertz CT molecular complexity index is 210. The first-order chi connectivity index (χ1) is 5.38. The van der Waals surface area contributed by atoms with E-state index in [4.69, 9.17) is 0 Å². The van der Waals surface area contributed by atoms with Crippen molar-refractivity contribution in [2.75, 3.05) is 0 Å². The normalized spacial score (nSPS) is 30.4. The van der Waals surface area contributed by atoms with Gasteiger partial charge in [-0.1, -0.05) is 12.8 Å². The van der Waals surface area contributed by atoms with Gasteiger partial charge in [0.1, 0.15) is 0 Å². The van der Waals surface area contributed by atoms with E-state index in [0.29, 0.717) is 0 Å². The smallest absolute Gasteiger partial charge is 0.248 e. The fourth-order valence-electron chi connectivity index (χ4n) is 1.79. The molecule has 3 heteroatoms. The molecule has 0 bridgehead atoms. The summed E-state index contributed by atoms with van der Waals surface area (Å²) in [5.41, 5.74) is 3.63. The van der Waals surface area contributed by atoms with Crippen molar-refractivity contribution in [3.63, 3.8) is 0 Å². The molecule has 11 heavy (non-hydrogen) atoms. The summed E-state index contributed by atoms with van der Waals surface area (Å²) in [6, 6.07) is 0. The fraction of sp³-hybridized carbons (Fsp3) is 0.750. The molecule has 0 unspecified atom stereocenters. The lowest BCUT2D eigenvalue weighted by Crippen LogP contribution is -2.22. The third-order valence-corrected chi connectivity index (χ3v) is 2.45. The summed E-state index contributed by atoms with van der Waals surface area (Å²) in [4.78, 5) is 11.1. The highest BCUT2D eigenvalue weighted by atomic mass is 16.2. The van der Waals surface area contributed by atoms with Gasteiger partial charge in [0, 0.05) is 0 Å². The number of amides is 1. The Morgan fingerprint density at radius 2 is 2.27 bits per heavy atom. The lowest BCUT2D eigenvalue weighted by molar-refractivity contribution is -0.122. The third-order valence-electron chi connectivity index (χ3n) is 2.45. The van der Waals surface area contributed by atoms with Crippen molar-refractivity contribution in [2.45, 2.75) is 32.1 Å². The van der Waals surface area contributed by atoms with Gasteiger partial charge >= 0.3 is 0 Å². The Morgan fingerprint density at radius 1 is 1.36 bits per heavy atom. The minimum atomic E-state index is 0.113. The van der Waals surface area contributed by atoms with Crippen molar-refractivity contribution >= 4 is 11.6 Å². The summed E-state index contributed by atoms with van der Waals surface area (Å²) in [6.07, 6.45) is 5.65. The van der Waals surface area contributed by atoms with Crippen molar-refractivity contribution in [1.82, 2.24) is 5.43 Å². The molecule has 60 valence electrons. The maximum atomic E-state index is 11.1. The van der Waals surface area contributed by atoms with Crippen molar-refractivity contribution < 1.29 is 4.79 Å². The first-order valence-electron chi connectivity index (χ1n) is 4.24. The summed E-state index contributed by atoms with van der Waals surface area (Å²) < 4.78 is 0. The average molecular weight is 152 g/mol. The number of rotatable bonds is 0. The van der Waals surface area contributed by atoms with E-state index in [1.54, 1.807) is 0 Å². The van der Waals surface area contributed by atoms with Crippen molar-refractivity contribution in [2.24, 2.45) is 11.0 Å². The van der Waals surface area contributed by atoms with Crippen LogP contribution in [-0.4, -0.2) is 11.6 Å². The molecular formula is C8H12N2O. The molecule has 1 aliphatic heterocycles. The van der Waals surface area contributed by atoms with Gasteiger partial charge in [0.2, 0.25) is 5.91 Å². The molecule has 0 aromatic heterocycles. The Balaban J connectivity index is 2.15. The lowest BCUT2D eigenvalue weighted by atomic mass is 9.99. The molecule has 3 nitrogen and oxygen atoms in total. The zero-order valence-electron chi connectivity index (χ0n) is 6.47. The number of nitrogens with zero attached hydrogens (tertiary/aromatic N) is 1. The predicted molar refractivity (Wildman–Crippen MR) is 42.2 cm³/mol. The second-order valence-electron chi connectivity index (χ2n) is 3.23. The van der Waals surface area contributed by atoms with E-state index in [2.05, 4.69) is 10.5 Å². The van der Waals surface area contributed by atoms with Gasteiger partial charge in [-0.2, -0.15) is 5.10 Å². The lowest BCUT2D eigenvalue weighted by Gasteiger charge is -2.03. The number of fused-ring (bicyclic) bond motifs is 1. The highest BCUT2D eigenvalue weighted by molar-refractivity contribution is 6.07. The second kappa shape index (κ2) is 2.64. The summed E-state index contributed by atoms with van der Waals surface area (Å²) in [5, 5.41) is 4.02. The van der Waals surface area contributed by atoms with Crippen molar-refractivity contribution in [1.29, 1.82) is 0 Å². The summed E-state index contributed by atoms with van der Waals surface area (Å²) in [5.74, 6) is 0.236. The average Bonchev–Trinajstić information content (AvgIpc) is 2.25. The molecule has 0 aromatic rings. The van der Waals surface area contributed by atoms with Crippen LogP contribution >= 0.6 is 0 Å². The van der Waals surface area contributed by atoms with E-state index >= 15 is 0 Å². The zero-order chi connectivity index (χ0) is 7.68. The summed E-state index contributed by atoms with van der Waals surface area (Å²) in [7, 11) is 0. The summed E-state index contributed by atoms with van der Waals surface area (Å²) in [6.45, 7) is 0. The molecule has 1 N–H and O–H groups in total. The van der Waals surface area contributed by atoms with E-state index < -0.39 is 0 Å². The fourth-order valence-corrected chi connectivity index (χ4v) is 1.79. The van der Waals surface area contributed by atoms with Crippen LogP contribution in [0.4, 0.5) is 0 Å². The predicted octanol–water partition coefficient (Wildman–Crippen LogP) is 1.05. The molecular weight excluding hydrogens is 140 g/mol. The SMILES string of the molecule is O=C1NN=C2CCCCC[C@@H]12. The highest BCUT2D eigenvalue weighted by Crippen LogP contribution is 2.23. The number of hydrogen-bond acceptors (Lipinski definition) is 2. The first kappa shape index (κ1) is 6.83. The van der Waals surface area contributed by atoms with Crippen LogP contribution in [0.5, 0.6) is 0 Å². The molecule has 1 saturated carbocycles. The monoisotopic (exact) mass is 152 g/mol. The van der Waals surface area contributed by atoms with Gasteiger partial charge in [-0.3, -0.25) is 4.79 Å². The van der Waals surface area contributed by atoms with Gasteiger partial charge in [0.15, 0.2) is 0 Å². The molecule has 1 aliphatic carbocycles. The zero-order valence-corrected chi connectivity index (χ0v) is 6.47. The van der Waals surface area contributed by atoms with Gasteiger partial charge in [-0.25, -0.2) is 5.43 Å². The topological polar surface area (TPSA) is 41.5 Å².